The molecule has 0 atom stereocenters. The lowest BCUT2D eigenvalue weighted by Crippen LogP contribution is -2.16. The molecular formula is C84H80BrF4IN10O7. The Balaban J connectivity index is 0.000000190. The molecule has 0 spiro atoms. The number of aryl methyl sites for hydroxylation is 9. The molecule has 0 aliphatic rings. The number of aromatic hydroxyl groups is 4. The third kappa shape index (κ3) is 20.3. The molecule has 2 aromatic heterocycles. The summed E-state index contributed by atoms with van der Waals surface area (Å²) in [6, 6.07) is 44.3. The Bertz CT molecular complexity index is 5120. The van der Waals surface area contributed by atoms with E-state index in [4.69, 9.17) is 36.8 Å². The number of nitrogen functional groups attached to an aromatic ring is 2. The standard InChI is InChI=1S/C21H22FN3O3.C21H19FN2O2.C16H13BrFNO.C16H15FN2O.C10H11IN2/c1-4-5-13-8-15(14-6-7-18(26)17(22)10-14)20(16(9-13)21(23)24-27)19-11(2)25-28-12(19)3;1-4-5-14-8-16(11-23)21(20-12(2)24-26-13(20)3)17(9-14)15-6-7-19(25)18(22)10-15;1-2-3-10-6-12(9-19)16(17)13(7-10)11-4-5-15(20)14(18)8-11;1-2-3-10-6-12(9-18)16(19)13(7-10)11-4-5-15(20)14(17)8-11;1-2-3-7-4-8(6-12)10(13)9(11)5-7/h6-10,26-27H,4-5H2,1-3H3,(H2,23,24);6-10,25H,4-5H2,1-3H3;4-8,20H,2-3H2,1H3;4-8,20H,2-3,19H2,1H3;4-5H,2-3,13H2,1H3. The molecule has 0 fully saturated rings. The van der Waals surface area contributed by atoms with Crippen LogP contribution in [0.5, 0.6) is 23.0 Å². The summed E-state index contributed by atoms with van der Waals surface area (Å²) in [7, 11) is 0. The number of amidine groups is 1. The summed E-state index contributed by atoms with van der Waals surface area (Å²) in [5.74, 6) is -3.32. The van der Waals surface area contributed by atoms with Gasteiger partial charge >= 0.3 is 0 Å². The highest BCUT2D eigenvalue weighted by molar-refractivity contribution is 14.1. The normalized spacial score (nSPS) is 10.7. The van der Waals surface area contributed by atoms with Gasteiger partial charge in [0.25, 0.3) is 0 Å². The second kappa shape index (κ2) is 38.4. The lowest BCUT2D eigenvalue weighted by molar-refractivity contribution is 0.318. The lowest BCUT2D eigenvalue weighted by atomic mass is 9.86. The zero-order valence-electron chi connectivity index (χ0n) is 60.5. The van der Waals surface area contributed by atoms with Crippen LogP contribution < -0.4 is 17.2 Å². The lowest BCUT2D eigenvalue weighted by Gasteiger charge is -2.17. The highest BCUT2D eigenvalue weighted by Gasteiger charge is 2.26. The number of nitrogens with zero attached hydrogens (tertiary/aromatic N) is 7. The first-order chi connectivity index (χ1) is 51.1. The van der Waals surface area contributed by atoms with Gasteiger partial charge in [0.05, 0.1) is 51.1 Å². The van der Waals surface area contributed by atoms with Gasteiger partial charge in [-0.1, -0.05) is 119 Å². The quantitative estimate of drug-likeness (QED) is 0.00798. The molecule has 2 heterocycles. The fraction of sp³-hybridized carbons (Fsp3) is 0.226. The molecule has 107 heavy (non-hydrogen) atoms. The number of rotatable bonds is 17. The van der Waals surface area contributed by atoms with Crippen molar-refractivity contribution in [1.29, 1.82) is 21.0 Å². The minimum atomic E-state index is -0.728. The van der Waals surface area contributed by atoms with Crippen LogP contribution in [0.1, 0.15) is 145 Å². The Morgan fingerprint density at radius 3 is 1.12 bits per heavy atom. The number of phenolic OH excluding ortho intramolecular Hbond substituents is 4. The summed E-state index contributed by atoms with van der Waals surface area (Å²) in [6.45, 7) is 17.5. The minimum absolute atomic E-state index is 0.0616. The van der Waals surface area contributed by atoms with Crippen LogP contribution in [0, 0.1) is 99.9 Å². The van der Waals surface area contributed by atoms with Crippen molar-refractivity contribution in [2.24, 2.45) is 10.9 Å². The number of phenols is 4. The first kappa shape index (κ1) is 82.6. The molecule has 23 heteroatoms. The molecule has 11 aromatic rings. The van der Waals surface area contributed by atoms with Crippen LogP contribution in [0.25, 0.3) is 66.8 Å². The van der Waals surface area contributed by atoms with Crippen molar-refractivity contribution < 1.29 is 52.2 Å². The monoisotopic (exact) mass is 1620 g/mol. The van der Waals surface area contributed by atoms with E-state index in [1.165, 1.54) is 54.1 Å². The molecule has 0 amide bonds. The van der Waals surface area contributed by atoms with Crippen molar-refractivity contribution in [3.05, 3.63) is 243 Å². The van der Waals surface area contributed by atoms with Crippen molar-refractivity contribution in [2.75, 3.05) is 11.5 Å². The Kier molecular flexibility index (Phi) is 29.7. The highest BCUT2D eigenvalue weighted by Crippen LogP contribution is 2.43. The van der Waals surface area contributed by atoms with Gasteiger partial charge in [0.1, 0.15) is 29.7 Å². The van der Waals surface area contributed by atoms with E-state index >= 15 is 0 Å². The van der Waals surface area contributed by atoms with E-state index < -0.39 is 40.5 Å². The SMILES string of the molecule is CCCc1cc(/C(N)=N/O)c(-c2c(C)noc2C)c(-c2ccc(O)c(F)c2)c1.CCCc1cc(C#N)c(-c2c(C)noc2C)c(-c2ccc(O)c(F)c2)c1.CCCc1cc(C#N)c(Br)c(-c2ccc(O)c(F)c2)c1.CCCc1cc(C#N)c(N)c(-c2ccc(O)c(F)c2)c1.CCCc1cc(I)c(N)c(C#N)c1. The van der Waals surface area contributed by atoms with E-state index in [9.17, 15) is 53.7 Å². The van der Waals surface area contributed by atoms with Crippen LogP contribution in [-0.4, -0.2) is 41.8 Å². The molecular weight excluding hydrogens is 1540 g/mol. The molecule has 0 aliphatic carbocycles. The molecule has 0 saturated heterocycles. The van der Waals surface area contributed by atoms with Gasteiger partial charge in [0.15, 0.2) is 52.1 Å². The number of halogens is 6. The molecule has 0 radical (unpaired) electrons. The zero-order valence-corrected chi connectivity index (χ0v) is 64.2. The van der Waals surface area contributed by atoms with Crippen molar-refractivity contribution >= 4 is 55.7 Å². The van der Waals surface area contributed by atoms with Crippen LogP contribution in [0.15, 0.2) is 152 Å². The predicted octanol–water partition coefficient (Wildman–Crippen LogP) is 20.9. The van der Waals surface area contributed by atoms with Gasteiger partial charge in [-0.3, -0.25) is 0 Å². The minimum Gasteiger partial charge on any atom is -0.505 e. The third-order valence-corrected chi connectivity index (χ3v) is 18.9. The maximum atomic E-state index is 14.1. The number of benzene rings is 9. The van der Waals surface area contributed by atoms with Crippen LogP contribution in [-0.2, 0) is 32.1 Å². The summed E-state index contributed by atoms with van der Waals surface area (Å²) in [6.07, 6.45) is 9.08. The van der Waals surface area contributed by atoms with E-state index in [1.54, 1.807) is 51.1 Å². The maximum absolute atomic E-state index is 14.1. The number of nitrogens with two attached hydrogens (primary N) is 3. The molecule has 550 valence electrons. The van der Waals surface area contributed by atoms with E-state index in [0.717, 1.165) is 107 Å². The van der Waals surface area contributed by atoms with E-state index in [2.05, 4.69) is 99.0 Å². The number of hydrogen-bond donors (Lipinski definition) is 8. The Labute approximate surface area is 641 Å². The van der Waals surface area contributed by atoms with Crippen molar-refractivity contribution in [3.63, 3.8) is 0 Å². The number of hydrogen-bond acceptors (Lipinski definition) is 16. The summed E-state index contributed by atoms with van der Waals surface area (Å²) < 4.78 is 67.3. The van der Waals surface area contributed by atoms with Gasteiger partial charge in [-0.05, 0) is 262 Å². The second-order valence-corrected chi connectivity index (χ2v) is 27.0. The van der Waals surface area contributed by atoms with Gasteiger partial charge in [0.2, 0.25) is 0 Å². The molecule has 0 saturated carbocycles. The molecule has 17 nitrogen and oxygen atoms in total. The zero-order chi connectivity index (χ0) is 78.5. The highest BCUT2D eigenvalue weighted by atomic mass is 127. The Morgan fingerprint density at radius 2 is 0.757 bits per heavy atom. The van der Waals surface area contributed by atoms with E-state index in [0.29, 0.717) is 117 Å². The first-order valence-corrected chi connectivity index (χ1v) is 36.1. The van der Waals surface area contributed by atoms with Gasteiger partial charge in [-0.25, -0.2) is 17.6 Å². The molecule has 0 unspecified atom stereocenters. The number of anilines is 2. The van der Waals surface area contributed by atoms with Crippen LogP contribution in [0.4, 0.5) is 28.9 Å². The number of oxime groups is 1. The van der Waals surface area contributed by atoms with Crippen LogP contribution >= 0.6 is 38.5 Å². The largest absolute Gasteiger partial charge is 0.505 e. The topological polar surface area (TPSA) is 339 Å². The smallest absolute Gasteiger partial charge is 0.170 e. The average molecular weight is 1620 g/mol. The first-order valence-electron chi connectivity index (χ1n) is 34.2. The molecule has 11 rings (SSSR count). The van der Waals surface area contributed by atoms with Gasteiger partial charge in [-0.15, -0.1) is 0 Å². The van der Waals surface area contributed by atoms with Crippen LogP contribution in [0.3, 0.4) is 0 Å². The van der Waals surface area contributed by atoms with Gasteiger partial charge in [-0.2, -0.15) is 21.0 Å². The molecule has 9 aromatic carbocycles. The van der Waals surface area contributed by atoms with Crippen LogP contribution in [0.2, 0.25) is 0 Å². The summed E-state index contributed by atoms with van der Waals surface area (Å²) >= 11 is 5.56. The molecule has 11 N–H and O–H groups in total. The average Bonchev–Trinajstić information content (AvgIpc) is 1.75. The third-order valence-electron chi connectivity index (χ3n) is 17.1. The van der Waals surface area contributed by atoms with E-state index in [-0.39, 0.29) is 11.6 Å². The summed E-state index contributed by atoms with van der Waals surface area (Å²) in [5, 5.41) is 95.0. The van der Waals surface area contributed by atoms with Crippen molar-refractivity contribution in [3.8, 4) is 114 Å². The summed E-state index contributed by atoms with van der Waals surface area (Å²) in [5.41, 5.74) is 35.5. The van der Waals surface area contributed by atoms with Gasteiger partial charge in [0, 0.05) is 41.4 Å². The Morgan fingerprint density at radius 1 is 0.439 bits per heavy atom. The maximum Gasteiger partial charge on any atom is 0.170 e. The van der Waals surface area contributed by atoms with Crippen molar-refractivity contribution in [1.82, 2.24) is 10.3 Å². The molecule has 0 aliphatic heterocycles. The van der Waals surface area contributed by atoms with Crippen molar-refractivity contribution in [2.45, 2.75) is 127 Å². The number of aromatic nitrogens is 2. The Hall–Kier alpha value is -11.6. The second-order valence-electron chi connectivity index (χ2n) is 25.0. The molecule has 0 bridgehead atoms. The number of nitriles is 4. The summed E-state index contributed by atoms with van der Waals surface area (Å²) in [4.78, 5) is 0. The van der Waals surface area contributed by atoms with E-state index in [1.807, 2.05) is 75.4 Å². The fourth-order valence-electron chi connectivity index (χ4n) is 12.1. The van der Waals surface area contributed by atoms with Gasteiger partial charge < -0.3 is 51.9 Å². The predicted molar refractivity (Wildman–Crippen MR) is 421 cm³/mol. The fourth-order valence-corrected chi connectivity index (χ4v) is 13.3.